The maximum atomic E-state index is 11.0. The Kier molecular flexibility index (Phi) is 2.37. The van der Waals surface area contributed by atoms with Gasteiger partial charge in [-0.1, -0.05) is 0 Å². The molecule has 5 heteroatoms. The molecule has 1 aliphatic carbocycles. The molecule has 0 aromatic carbocycles. The van der Waals surface area contributed by atoms with E-state index in [0.29, 0.717) is 17.7 Å². The van der Waals surface area contributed by atoms with Crippen molar-refractivity contribution in [3.63, 3.8) is 0 Å². The van der Waals surface area contributed by atoms with Crippen molar-refractivity contribution in [1.82, 2.24) is 0 Å². The third-order valence-corrected chi connectivity index (χ3v) is 2.81. The summed E-state index contributed by atoms with van der Waals surface area (Å²) >= 11 is 0. The van der Waals surface area contributed by atoms with Gasteiger partial charge in [-0.15, -0.1) is 0 Å². The van der Waals surface area contributed by atoms with E-state index in [0.717, 1.165) is 11.3 Å². The Hall–Kier alpha value is -2.56. The molecule has 0 bridgehead atoms. The number of nitrogens with zero attached hydrogens (tertiary/aromatic N) is 3. The van der Waals surface area contributed by atoms with E-state index in [2.05, 4.69) is 15.0 Å². The van der Waals surface area contributed by atoms with E-state index in [1.165, 1.54) is 0 Å². The van der Waals surface area contributed by atoms with Gasteiger partial charge in [0.15, 0.2) is 5.71 Å². The van der Waals surface area contributed by atoms with E-state index >= 15 is 0 Å². The SMILES string of the molecule is O=C(O)C1=NC=C2CC3=C(C=C21)N=CC=CC=N3. The zero-order valence-electron chi connectivity index (χ0n) is 9.37. The van der Waals surface area contributed by atoms with Crippen LogP contribution in [0.3, 0.4) is 0 Å². The molecule has 1 N–H and O–H groups in total. The number of fused-ring (bicyclic) bond motifs is 1. The Morgan fingerprint density at radius 1 is 1.22 bits per heavy atom. The van der Waals surface area contributed by atoms with Crippen molar-refractivity contribution >= 4 is 24.1 Å². The zero-order chi connectivity index (χ0) is 12.5. The van der Waals surface area contributed by atoms with Crippen molar-refractivity contribution in [3.05, 3.63) is 47.0 Å². The molecule has 0 aromatic heterocycles. The summed E-state index contributed by atoms with van der Waals surface area (Å²) in [4.78, 5) is 23.5. The first-order valence-electron chi connectivity index (χ1n) is 5.45. The van der Waals surface area contributed by atoms with Crippen LogP contribution in [0.4, 0.5) is 0 Å². The number of aliphatic carboxylic acids is 1. The third kappa shape index (κ3) is 1.66. The molecule has 18 heavy (non-hydrogen) atoms. The average Bonchev–Trinajstić information content (AvgIpc) is 2.71. The van der Waals surface area contributed by atoms with E-state index < -0.39 is 5.97 Å². The largest absolute Gasteiger partial charge is 0.476 e. The number of hydrogen-bond donors (Lipinski definition) is 1. The van der Waals surface area contributed by atoms with Gasteiger partial charge in [0.25, 0.3) is 0 Å². The van der Waals surface area contributed by atoms with E-state index in [4.69, 9.17) is 5.11 Å². The van der Waals surface area contributed by atoms with Gasteiger partial charge >= 0.3 is 5.97 Å². The summed E-state index contributed by atoms with van der Waals surface area (Å²) in [6.45, 7) is 0. The second-order valence-electron chi connectivity index (χ2n) is 3.95. The monoisotopic (exact) mass is 239 g/mol. The molecule has 88 valence electrons. The Morgan fingerprint density at radius 2 is 2.00 bits per heavy atom. The van der Waals surface area contributed by atoms with Crippen LogP contribution in [0.25, 0.3) is 0 Å². The molecule has 0 aromatic rings. The molecule has 0 saturated heterocycles. The minimum absolute atomic E-state index is 0.0772. The number of carbonyl (C=O) groups is 1. The van der Waals surface area contributed by atoms with Gasteiger partial charge in [0.1, 0.15) is 0 Å². The van der Waals surface area contributed by atoms with Crippen LogP contribution in [-0.4, -0.2) is 29.2 Å². The fraction of sp³-hybridized carbons (Fsp3) is 0.0769. The molecule has 0 atom stereocenters. The van der Waals surface area contributed by atoms with Crippen LogP contribution in [-0.2, 0) is 4.79 Å². The standard InChI is InChI=1S/C13H9N3O2/c17-13(18)12-9-6-11-10(5-8(9)7-16-12)14-3-1-2-4-15-11/h1-4,6-7H,5H2,(H,17,18). The van der Waals surface area contributed by atoms with Crippen molar-refractivity contribution in [1.29, 1.82) is 0 Å². The van der Waals surface area contributed by atoms with Crippen LogP contribution in [0.1, 0.15) is 6.42 Å². The average molecular weight is 239 g/mol. The lowest BCUT2D eigenvalue weighted by Gasteiger charge is -2.15. The van der Waals surface area contributed by atoms with Crippen LogP contribution in [0.5, 0.6) is 0 Å². The number of allylic oxidation sites excluding steroid dienone is 4. The fourth-order valence-corrected chi connectivity index (χ4v) is 1.98. The second-order valence-corrected chi connectivity index (χ2v) is 3.95. The van der Waals surface area contributed by atoms with Crippen LogP contribution in [0.15, 0.2) is 61.9 Å². The molecule has 0 amide bonds. The molecule has 0 unspecified atom stereocenters. The Labute approximate surface area is 103 Å². The molecular formula is C13H9N3O2. The van der Waals surface area contributed by atoms with E-state index in [1.54, 1.807) is 36.9 Å². The Bertz CT molecular complexity index is 643. The van der Waals surface area contributed by atoms with Gasteiger partial charge in [-0.2, -0.15) is 0 Å². The lowest BCUT2D eigenvalue weighted by molar-refractivity contribution is -0.129. The zero-order valence-corrected chi connectivity index (χ0v) is 9.37. The molecule has 3 rings (SSSR count). The summed E-state index contributed by atoms with van der Waals surface area (Å²) in [7, 11) is 0. The molecular weight excluding hydrogens is 230 g/mol. The van der Waals surface area contributed by atoms with Crippen LogP contribution in [0.2, 0.25) is 0 Å². The predicted molar refractivity (Wildman–Crippen MR) is 69.0 cm³/mol. The minimum atomic E-state index is -1.02. The van der Waals surface area contributed by atoms with Crippen LogP contribution < -0.4 is 0 Å². The number of hydrogen-bond acceptors (Lipinski definition) is 4. The highest BCUT2D eigenvalue weighted by molar-refractivity contribution is 6.44. The molecule has 2 heterocycles. The molecule has 0 fully saturated rings. The van der Waals surface area contributed by atoms with Crippen molar-refractivity contribution in [2.45, 2.75) is 6.42 Å². The highest BCUT2D eigenvalue weighted by Crippen LogP contribution is 2.34. The van der Waals surface area contributed by atoms with Crippen molar-refractivity contribution in [2.24, 2.45) is 15.0 Å². The van der Waals surface area contributed by atoms with Gasteiger partial charge in [-0.25, -0.2) is 9.79 Å². The summed E-state index contributed by atoms with van der Waals surface area (Å²) in [5.74, 6) is -1.02. The highest BCUT2D eigenvalue weighted by atomic mass is 16.4. The highest BCUT2D eigenvalue weighted by Gasteiger charge is 2.28. The number of carboxylic acids is 1. The summed E-state index contributed by atoms with van der Waals surface area (Å²) in [5, 5.41) is 9.05. The first-order valence-corrected chi connectivity index (χ1v) is 5.45. The third-order valence-electron chi connectivity index (χ3n) is 2.81. The first-order chi connectivity index (χ1) is 8.75. The van der Waals surface area contributed by atoms with Crippen LogP contribution in [0, 0.1) is 0 Å². The van der Waals surface area contributed by atoms with Gasteiger partial charge in [0.2, 0.25) is 0 Å². The van der Waals surface area contributed by atoms with Gasteiger partial charge in [0.05, 0.1) is 11.4 Å². The quantitative estimate of drug-likeness (QED) is 0.755. The Balaban J connectivity index is 2.06. The molecule has 5 nitrogen and oxygen atoms in total. The number of aliphatic imine (C=N–C) groups is 3. The number of carboxylic acid groups (broad SMARTS) is 1. The van der Waals surface area contributed by atoms with E-state index in [9.17, 15) is 4.79 Å². The van der Waals surface area contributed by atoms with Crippen molar-refractivity contribution in [2.75, 3.05) is 0 Å². The molecule has 0 radical (unpaired) electrons. The van der Waals surface area contributed by atoms with Crippen LogP contribution >= 0.6 is 0 Å². The van der Waals surface area contributed by atoms with Gasteiger partial charge in [0, 0.05) is 30.6 Å². The predicted octanol–water partition coefficient (Wildman–Crippen LogP) is 1.66. The second kappa shape index (κ2) is 4.03. The molecule has 0 spiro atoms. The minimum Gasteiger partial charge on any atom is -0.476 e. The van der Waals surface area contributed by atoms with Gasteiger partial charge in [-0.05, 0) is 23.8 Å². The normalized spacial score (nSPS) is 20.6. The molecule has 0 saturated carbocycles. The Morgan fingerprint density at radius 3 is 2.78 bits per heavy atom. The van der Waals surface area contributed by atoms with Gasteiger partial charge < -0.3 is 5.11 Å². The lowest BCUT2D eigenvalue weighted by Crippen LogP contribution is -2.16. The van der Waals surface area contributed by atoms with E-state index in [-0.39, 0.29) is 5.71 Å². The topological polar surface area (TPSA) is 74.4 Å². The smallest absolute Gasteiger partial charge is 0.355 e. The van der Waals surface area contributed by atoms with E-state index in [1.807, 2.05) is 0 Å². The molecule has 2 aliphatic heterocycles. The maximum absolute atomic E-state index is 11.0. The molecule has 3 aliphatic rings. The van der Waals surface area contributed by atoms with Crippen molar-refractivity contribution < 1.29 is 9.90 Å². The van der Waals surface area contributed by atoms with Crippen molar-refractivity contribution in [3.8, 4) is 0 Å². The summed E-state index contributed by atoms with van der Waals surface area (Å²) in [6.07, 6.45) is 10.8. The lowest BCUT2D eigenvalue weighted by atomic mass is 9.93. The summed E-state index contributed by atoms with van der Waals surface area (Å²) in [5.41, 5.74) is 3.11. The maximum Gasteiger partial charge on any atom is 0.355 e. The van der Waals surface area contributed by atoms with Gasteiger partial charge in [-0.3, -0.25) is 9.98 Å². The summed E-state index contributed by atoms with van der Waals surface area (Å²) < 4.78 is 0. The first kappa shape index (κ1) is 10.6. The number of rotatable bonds is 1. The summed E-state index contributed by atoms with van der Waals surface area (Å²) in [6, 6.07) is 0. The fourth-order valence-electron chi connectivity index (χ4n) is 1.98.